The van der Waals surface area contributed by atoms with Crippen LogP contribution in [0.5, 0.6) is 5.75 Å². The summed E-state index contributed by atoms with van der Waals surface area (Å²) in [7, 11) is 1.37. The molecule has 282 valence electrons. The Morgan fingerprint density at radius 3 is 2.04 bits per heavy atom. The van der Waals surface area contributed by atoms with E-state index in [1.165, 1.54) is 57.4 Å². The third kappa shape index (κ3) is 13.5. The zero-order valence-electron chi connectivity index (χ0n) is 29.3. The van der Waals surface area contributed by atoms with E-state index in [2.05, 4.69) is 10.6 Å². The van der Waals surface area contributed by atoms with Crippen molar-refractivity contribution in [3.05, 3.63) is 64.7 Å². The van der Waals surface area contributed by atoms with Crippen LogP contribution in [0.3, 0.4) is 0 Å². The van der Waals surface area contributed by atoms with Gasteiger partial charge >= 0.3 is 18.2 Å². The van der Waals surface area contributed by atoms with E-state index in [1.54, 1.807) is 20.8 Å². The van der Waals surface area contributed by atoms with Gasteiger partial charge in [-0.05, 0) is 69.4 Å². The van der Waals surface area contributed by atoms with E-state index in [4.69, 9.17) is 21.1 Å². The fraction of sp³-hybridized carbons (Fsp3) is 0.528. The molecule has 0 aliphatic rings. The first-order valence-corrected chi connectivity index (χ1v) is 16.7. The minimum Gasteiger partial charge on any atom is -0.497 e. The molecule has 0 bridgehead atoms. The summed E-state index contributed by atoms with van der Waals surface area (Å²) in [6, 6.07) is 8.54. The average molecular weight is 747 g/mol. The number of benzene rings is 2. The van der Waals surface area contributed by atoms with Gasteiger partial charge < -0.3 is 20.1 Å². The van der Waals surface area contributed by atoms with Gasteiger partial charge in [-0.2, -0.15) is 22.0 Å². The van der Waals surface area contributed by atoms with E-state index in [9.17, 15) is 37.1 Å². The van der Waals surface area contributed by atoms with Crippen LogP contribution in [0, 0.1) is 17.8 Å². The van der Waals surface area contributed by atoms with Gasteiger partial charge in [0.2, 0.25) is 17.5 Å². The third-order valence-corrected chi connectivity index (χ3v) is 8.12. The highest BCUT2D eigenvalue weighted by atomic mass is 35.5. The molecule has 0 heterocycles. The lowest BCUT2D eigenvalue weighted by Gasteiger charge is -2.26. The number of Topliss-reactive ketones (excluding diaryl/α,β-unsaturated/α-hetero) is 3. The van der Waals surface area contributed by atoms with Crippen LogP contribution in [-0.4, -0.2) is 54.8 Å². The van der Waals surface area contributed by atoms with E-state index in [0.29, 0.717) is 5.75 Å². The van der Waals surface area contributed by atoms with Gasteiger partial charge in [0.05, 0.1) is 7.11 Å². The molecule has 0 aliphatic carbocycles. The Morgan fingerprint density at radius 1 is 0.882 bits per heavy atom. The number of nitrogens with one attached hydrogen (secondary N) is 2. The molecule has 9 nitrogen and oxygen atoms in total. The van der Waals surface area contributed by atoms with Crippen LogP contribution in [0.25, 0.3) is 0 Å². The number of alkyl halides is 5. The standard InChI is InChI=1S/C36H44ClF5N2O7/c1-21(2)27(31(47)36(40,41)42)20-28(45)30(22-13-15-26(50-6)16-14-22)44-32(48)23(10-7-8-17-43-33(49)51-34(3,4)5)18-29(46)35(38,39)24-11-9-12-25(37)19-24/h9,11-16,19,21,23,27,30H,7-8,10,17-18,20H2,1-6H3,(H,43,49)(H,44,48)/t23-,27+,30+/m1/s1. The number of ketones is 3. The normalized spacial score (nSPS) is 13.9. The van der Waals surface area contributed by atoms with Crippen LogP contribution in [0.2, 0.25) is 5.02 Å². The molecule has 15 heteroatoms. The van der Waals surface area contributed by atoms with Crippen molar-refractivity contribution < 1.29 is 55.4 Å². The highest BCUT2D eigenvalue weighted by molar-refractivity contribution is 6.30. The van der Waals surface area contributed by atoms with Crippen LogP contribution >= 0.6 is 11.6 Å². The van der Waals surface area contributed by atoms with E-state index < -0.39 is 89.3 Å². The van der Waals surface area contributed by atoms with Crippen molar-refractivity contribution in [3.63, 3.8) is 0 Å². The molecule has 0 radical (unpaired) electrons. The first-order chi connectivity index (χ1) is 23.6. The highest BCUT2D eigenvalue weighted by Gasteiger charge is 2.46. The van der Waals surface area contributed by atoms with Gasteiger partial charge in [0.15, 0.2) is 5.78 Å². The molecule has 0 aliphatic heterocycles. The lowest BCUT2D eigenvalue weighted by atomic mass is 9.84. The van der Waals surface area contributed by atoms with Crippen LogP contribution in [0.1, 0.15) is 83.9 Å². The maximum absolute atomic E-state index is 15.3. The Kier molecular flexibility index (Phi) is 15.6. The fourth-order valence-electron chi connectivity index (χ4n) is 5.13. The molecule has 2 rings (SSSR count). The SMILES string of the molecule is COc1ccc([C@H](NC(=O)[C@H](CCCCNC(=O)OC(C)(C)C)CC(=O)C(F)(F)c2cccc(Cl)c2)C(=O)C[C@H](C(=O)C(F)(F)F)C(C)C)cc1. The number of hydrogen-bond acceptors (Lipinski definition) is 7. The number of hydrogen-bond donors (Lipinski definition) is 2. The van der Waals surface area contributed by atoms with Gasteiger partial charge in [0, 0.05) is 41.8 Å². The Bertz CT molecular complexity index is 1530. The van der Waals surface area contributed by atoms with E-state index >= 15 is 8.78 Å². The molecule has 2 aromatic carbocycles. The first-order valence-electron chi connectivity index (χ1n) is 16.3. The van der Waals surface area contributed by atoms with Gasteiger partial charge in [0.25, 0.3) is 0 Å². The second kappa shape index (κ2) is 18.4. The smallest absolute Gasteiger partial charge is 0.450 e. The van der Waals surface area contributed by atoms with Crippen LogP contribution < -0.4 is 15.4 Å². The summed E-state index contributed by atoms with van der Waals surface area (Å²) in [4.78, 5) is 64.7. The van der Waals surface area contributed by atoms with Crippen LogP contribution in [0.4, 0.5) is 26.7 Å². The molecule has 0 aromatic heterocycles. The van der Waals surface area contributed by atoms with Gasteiger partial charge in [-0.3, -0.25) is 19.2 Å². The van der Waals surface area contributed by atoms with Crippen molar-refractivity contribution in [1.29, 1.82) is 0 Å². The Balaban J connectivity index is 2.40. The second-order valence-electron chi connectivity index (χ2n) is 13.4. The number of halogens is 6. The summed E-state index contributed by atoms with van der Waals surface area (Å²) in [5.74, 6) is -13.4. The van der Waals surface area contributed by atoms with E-state index in [1.807, 2.05) is 0 Å². The molecule has 3 atom stereocenters. The number of ether oxygens (including phenoxy) is 2. The van der Waals surface area contributed by atoms with Crippen molar-refractivity contribution in [2.75, 3.05) is 13.7 Å². The molecule has 2 amide bonds. The third-order valence-electron chi connectivity index (χ3n) is 7.89. The lowest BCUT2D eigenvalue weighted by Crippen LogP contribution is -2.42. The molecular formula is C36H44ClF5N2O7. The van der Waals surface area contributed by atoms with Crippen molar-refractivity contribution in [2.45, 2.75) is 90.5 Å². The number of carbonyl (C=O) groups is 5. The van der Waals surface area contributed by atoms with Crippen molar-refractivity contribution in [3.8, 4) is 5.75 Å². The first kappa shape index (κ1) is 43.1. The Labute approximate surface area is 299 Å². The fourth-order valence-corrected chi connectivity index (χ4v) is 5.32. The zero-order chi connectivity index (χ0) is 38.7. The van der Waals surface area contributed by atoms with Crippen LogP contribution in [-0.2, 0) is 29.8 Å². The molecule has 51 heavy (non-hydrogen) atoms. The summed E-state index contributed by atoms with van der Waals surface area (Å²) in [5, 5.41) is 4.94. The topological polar surface area (TPSA) is 128 Å². The summed E-state index contributed by atoms with van der Waals surface area (Å²) in [6.45, 7) is 7.81. The average Bonchev–Trinajstić information content (AvgIpc) is 3.03. The molecule has 2 N–H and O–H groups in total. The Hall–Kier alpha value is -4.07. The van der Waals surface area contributed by atoms with Crippen molar-refractivity contribution in [2.24, 2.45) is 17.8 Å². The number of carbonyl (C=O) groups excluding carboxylic acids is 5. The monoisotopic (exact) mass is 746 g/mol. The number of unbranched alkanes of at least 4 members (excludes halogenated alkanes) is 1. The lowest BCUT2D eigenvalue weighted by molar-refractivity contribution is -0.177. The van der Waals surface area contributed by atoms with E-state index in [0.717, 1.165) is 12.1 Å². The molecule has 0 saturated heterocycles. The number of methoxy groups -OCH3 is 1. The summed E-state index contributed by atoms with van der Waals surface area (Å²) >= 11 is 5.86. The van der Waals surface area contributed by atoms with Gasteiger partial charge in [-0.25, -0.2) is 4.79 Å². The highest BCUT2D eigenvalue weighted by Crippen LogP contribution is 2.35. The Morgan fingerprint density at radius 2 is 1.51 bits per heavy atom. The largest absolute Gasteiger partial charge is 0.497 e. The summed E-state index contributed by atoms with van der Waals surface area (Å²) in [6.07, 6.45) is -7.53. The molecule has 0 fully saturated rings. The van der Waals surface area contributed by atoms with Crippen molar-refractivity contribution >= 4 is 41.0 Å². The molecular weight excluding hydrogens is 703 g/mol. The second-order valence-corrected chi connectivity index (χ2v) is 13.9. The maximum atomic E-state index is 15.3. The van der Waals surface area contributed by atoms with E-state index in [-0.39, 0.29) is 36.4 Å². The molecule has 0 unspecified atom stereocenters. The maximum Gasteiger partial charge on any atom is 0.450 e. The summed E-state index contributed by atoms with van der Waals surface area (Å²) < 4.78 is 81.2. The minimum atomic E-state index is -5.22. The quantitative estimate of drug-likeness (QED) is 0.117. The number of alkyl carbamates (subject to hydrolysis) is 1. The van der Waals surface area contributed by atoms with Gasteiger partial charge in [-0.1, -0.05) is 56.1 Å². The molecule has 2 aromatic rings. The van der Waals surface area contributed by atoms with Gasteiger partial charge in [0.1, 0.15) is 17.4 Å². The summed E-state index contributed by atoms with van der Waals surface area (Å²) in [5.41, 5.74) is -1.33. The van der Waals surface area contributed by atoms with Crippen molar-refractivity contribution in [1.82, 2.24) is 10.6 Å². The van der Waals surface area contributed by atoms with Crippen LogP contribution in [0.15, 0.2) is 48.5 Å². The number of rotatable bonds is 18. The minimum absolute atomic E-state index is 0.0451. The molecule has 0 saturated carbocycles. The predicted molar refractivity (Wildman–Crippen MR) is 179 cm³/mol. The van der Waals surface area contributed by atoms with Gasteiger partial charge in [-0.15, -0.1) is 0 Å². The molecule has 0 spiro atoms. The predicted octanol–water partition coefficient (Wildman–Crippen LogP) is 7.93. The zero-order valence-corrected chi connectivity index (χ0v) is 30.1. The number of amides is 2.